The molecule has 4 rings (SSSR count). The molecule has 0 spiro atoms. The lowest BCUT2D eigenvalue weighted by atomic mass is 9.58. The zero-order valence-corrected chi connectivity index (χ0v) is 21.5. The number of fused-ring (bicyclic) bond motifs is 3. The maximum absolute atomic E-state index is 13.7. The molecular weight excluding hydrogens is 460 g/mol. The second kappa shape index (κ2) is 9.51. The molecule has 3 atom stereocenters. The third-order valence-corrected chi connectivity index (χ3v) is 8.20. The van der Waals surface area contributed by atoms with E-state index in [1.165, 1.54) is 0 Å². The van der Waals surface area contributed by atoms with Crippen LogP contribution in [0.4, 0.5) is 0 Å². The van der Waals surface area contributed by atoms with Gasteiger partial charge in [-0.2, -0.15) is 0 Å². The van der Waals surface area contributed by atoms with Crippen LogP contribution in [-0.2, 0) is 27.2 Å². The highest BCUT2D eigenvalue weighted by Gasteiger charge is 2.60. The number of carbonyl (C=O) groups excluding carboxylic acids is 3. The lowest BCUT2D eigenvalue weighted by molar-refractivity contribution is -0.147. The van der Waals surface area contributed by atoms with Crippen LogP contribution in [0, 0.1) is 11.8 Å². The van der Waals surface area contributed by atoms with Crippen molar-refractivity contribution in [1.29, 1.82) is 0 Å². The number of allylic oxidation sites excluding steroid dienone is 1. The summed E-state index contributed by atoms with van der Waals surface area (Å²) in [5, 5.41) is 44.9. The topological polar surface area (TPSA) is 132 Å². The molecule has 0 heterocycles. The normalized spacial score (nSPS) is 25.7. The van der Waals surface area contributed by atoms with Crippen molar-refractivity contribution in [2.45, 2.75) is 90.6 Å². The molecule has 7 nitrogen and oxygen atoms in total. The molecule has 0 aromatic heterocycles. The summed E-state index contributed by atoms with van der Waals surface area (Å²) >= 11 is 0. The maximum atomic E-state index is 13.7. The molecule has 1 aromatic carbocycles. The Morgan fingerprint density at radius 2 is 1.81 bits per heavy atom. The lowest BCUT2D eigenvalue weighted by Crippen LogP contribution is -2.57. The molecule has 3 aliphatic rings. The molecule has 1 aromatic rings. The van der Waals surface area contributed by atoms with E-state index in [2.05, 4.69) is 6.92 Å². The molecule has 0 amide bonds. The van der Waals surface area contributed by atoms with Gasteiger partial charge in [-0.15, -0.1) is 0 Å². The number of Topliss-reactive ketones (excluding diaryl/α,β-unsaturated/α-hetero) is 3. The van der Waals surface area contributed by atoms with E-state index in [9.17, 15) is 34.8 Å². The van der Waals surface area contributed by atoms with Gasteiger partial charge in [-0.25, -0.2) is 0 Å². The van der Waals surface area contributed by atoms with E-state index < -0.39 is 46.1 Å². The van der Waals surface area contributed by atoms with Crippen molar-refractivity contribution < 1.29 is 34.8 Å². The average molecular weight is 497 g/mol. The van der Waals surface area contributed by atoms with Crippen LogP contribution in [0.15, 0.2) is 23.0 Å². The Morgan fingerprint density at radius 1 is 1.11 bits per heavy atom. The predicted octanol–water partition coefficient (Wildman–Crippen LogP) is 4.77. The van der Waals surface area contributed by atoms with Gasteiger partial charge >= 0.3 is 0 Å². The number of aromatic hydroxyl groups is 1. The summed E-state index contributed by atoms with van der Waals surface area (Å²) in [7, 11) is 0. The van der Waals surface area contributed by atoms with Crippen molar-refractivity contribution in [3.63, 3.8) is 0 Å². The van der Waals surface area contributed by atoms with Crippen LogP contribution in [0.25, 0.3) is 5.76 Å². The first-order valence-corrected chi connectivity index (χ1v) is 13.0. The lowest BCUT2D eigenvalue weighted by Gasteiger charge is -2.46. The number of hydrogen-bond acceptors (Lipinski definition) is 7. The molecule has 0 bridgehead atoms. The van der Waals surface area contributed by atoms with Crippen molar-refractivity contribution in [2.24, 2.45) is 11.8 Å². The van der Waals surface area contributed by atoms with Crippen molar-refractivity contribution in [1.82, 2.24) is 0 Å². The third kappa shape index (κ3) is 3.88. The van der Waals surface area contributed by atoms with Crippen molar-refractivity contribution in [3.8, 4) is 5.75 Å². The molecule has 36 heavy (non-hydrogen) atoms. The number of hydrogen-bond donors (Lipinski definition) is 4. The fraction of sp³-hybridized carbons (Fsp3) is 0.552. The van der Waals surface area contributed by atoms with Crippen molar-refractivity contribution in [3.05, 3.63) is 45.2 Å². The predicted molar refractivity (Wildman–Crippen MR) is 135 cm³/mol. The molecule has 7 heteroatoms. The Kier molecular flexibility index (Phi) is 6.90. The van der Waals surface area contributed by atoms with Crippen molar-refractivity contribution >= 4 is 23.1 Å². The van der Waals surface area contributed by atoms with Crippen molar-refractivity contribution in [2.75, 3.05) is 0 Å². The maximum Gasteiger partial charge on any atom is 0.202 e. The molecule has 4 N–H and O–H groups in total. The van der Waals surface area contributed by atoms with Crippen LogP contribution < -0.4 is 0 Å². The third-order valence-electron chi connectivity index (χ3n) is 8.20. The fourth-order valence-corrected chi connectivity index (χ4v) is 6.33. The van der Waals surface area contributed by atoms with Gasteiger partial charge in [-0.05, 0) is 61.1 Å². The van der Waals surface area contributed by atoms with Crippen LogP contribution in [0.5, 0.6) is 5.75 Å². The van der Waals surface area contributed by atoms with Crippen LogP contribution in [0.3, 0.4) is 0 Å². The monoisotopic (exact) mass is 496 g/mol. The first kappa shape index (κ1) is 26.1. The zero-order chi connectivity index (χ0) is 26.5. The standard InChI is InChI=1S/C29H36O7/c1-5-6-7-8-9-16-11-19(14(2)3)20-12-17-10-18-13-21(31)22(15(4)30)27(34)29(18,36)28(35)23(17)26(33)24(20)25(16)32/h11,14,17-18,32-34,36H,5-10,12-13H2,1-4H3/t17-,18+,29-/m1/s1. The van der Waals surface area contributed by atoms with Crippen LogP contribution in [0.2, 0.25) is 0 Å². The van der Waals surface area contributed by atoms with Gasteiger partial charge in [0.1, 0.15) is 22.8 Å². The molecule has 0 saturated heterocycles. The SMILES string of the molecule is CCCCCCc1cc(C(C)C)c2c(c1O)C(O)=C1C(=O)[C@]3(O)C(O)=C(C(C)=O)C(=O)C[C@@H]3C[C@@H]1C2. The van der Waals surface area contributed by atoms with Crippen LogP contribution in [-0.4, -0.2) is 43.4 Å². The highest BCUT2D eigenvalue weighted by Crippen LogP contribution is 2.53. The molecule has 0 unspecified atom stereocenters. The molecule has 0 radical (unpaired) electrons. The largest absolute Gasteiger partial charge is 0.508 e. The molecule has 3 aliphatic carbocycles. The Labute approximate surface area is 211 Å². The fourth-order valence-electron chi connectivity index (χ4n) is 6.33. The summed E-state index contributed by atoms with van der Waals surface area (Å²) in [5.74, 6) is -4.87. The van der Waals surface area contributed by atoms with E-state index in [1.54, 1.807) is 0 Å². The highest BCUT2D eigenvalue weighted by molar-refractivity contribution is 6.23. The summed E-state index contributed by atoms with van der Waals surface area (Å²) in [4.78, 5) is 38.3. The summed E-state index contributed by atoms with van der Waals surface area (Å²) in [6, 6.07) is 2.00. The summed E-state index contributed by atoms with van der Waals surface area (Å²) in [6.45, 7) is 7.31. The first-order valence-electron chi connectivity index (χ1n) is 13.0. The summed E-state index contributed by atoms with van der Waals surface area (Å²) in [6.07, 6.45) is 5.03. The number of aliphatic hydroxyl groups excluding tert-OH is 2. The molecule has 0 aliphatic heterocycles. The second-order valence-corrected chi connectivity index (χ2v) is 10.9. The Bertz CT molecular complexity index is 1200. The average Bonchev–Trinajstić information content (AvgIpc) is 2.79. The van der Waals surface area contributed by atoms with Gasteiger partial charge in [0.2, 0.25) is 5.78 Å². The first-order chi connectivity index (χ1) is 16.9. The van der Waals surface area contributed by atoms with E-state index in [0.717, 1.165) is 43.7 Å². The quantitative estimate of drug-likeness (QED) is 0.316. The summed E-state index contributed by atoms with van der Waals surface area (Å²) < 4.78 is 0. The Hall–Kier alpha value is -2.93. The van der Waals surface area contributed by atoms with Gasteiger partial charge in [0.15, 0.2) is 17.2 Å². The van der Waals surface area contributed by atoms with Crippen LogP contribution >= 0.6 is 0 Å². The number of phenols is 1. The van der Waals surface area contributed by atoms with Gasteiger partial charge in [0, 0.05) is 17.9 Å². The number of phenolic OH excluding ortho intramolecular Hbond substituents is 1. The minimum Gasteiger partial charge on any atom is -0.508 e. The van der Waals surface area contributed by atoms with Gasteiger partial charge in [-0.3, -0.25) is 14.4 Å². The van der Waals surface area contributed by atoms with Crippen LogP contribution in [0.1, 0.15) is 94.4 Å². The minimum atomic E-state index is -2.46. The minimum absolute atomic E-state index is 0.0562. The molecule has 1 fully saturated rings. The number of unbranched alkanes of at least 4 members (excludes halogenated alkanes) is 3. The second-order valence-electron chi connectivity index (χ2n) is 10.9. The molecular formula is C29H36O7. The summed E-state index contributed by atoms with van der Waals surface area (Å²) in [5.41, 5.74) is -0.377. The number of benzene rings is 1. The van der Waals surface area contributed by atoms with E-state index >= 15 is 0 Å². The Morgan fingerprint density at radius 3 is 2.42 bits per heavy atom. The van der Waals surface area contributed by atoms with E-state index in [1.807, 2.05) is 19.9 Å². The molecule has 194 valence electrons. The van der Waals surface area contributed by atoms with Gasteiger partial charge < -0.3 is 20.4 Å². The number of aryl methyl sites for hydroxylation is 1. The van der Waals surface area contributed by atoms with E-state index in [-0.39, 0.29) is 41.4 Å². The van der Waals surface area contributed by atoms with Gasteiger partial charge in [0.05, 0.1) is 5.56 Å². The molecule has 1 saturated carbocycles. The number of carbonyl (C=O) groups is 3. The zero-order valence-electron chi connectivity index (χ0n) is 21.5. The van der Waals surface area contributed by atoms with E-state index in [0.29, 0.717) is 18.4 Å². The number of rotatable bonds is 7. The smallest absolute Gasteiger partial charge is 0.202 e. The number of aliphatic hydroxyl groups is 3. The number of ketones is 3. The Balaban J connectivity index is 1.87. The highest BCUT2D eigenvalue weighted by atomic mass is 16.3. The van der Waals surface area contributed by atoms with E-state index in [4.69, 9.17) is 0 Å². The van der Waals surface area contributed by atoms with Gasteiger partial charge in [0.25, 0.3) is 0 Å². The van der Waals surface area contributed by atoms with Gasteiger partial charge in [-0.1, -0.05) is 46.1 Å².